The predicted octanol–water partition coefficient (Wildman–Crippen LogP) is 5.15. The molecule has 0 aliphatic rings. The Kier molecular flexibility index (Phi) is 8.00. The highest BCUT2D eigenvalue weighted by Gasteiger charge is 2.16. The Hall–Kier alpha value is -4.44. The molecule has 9 nitrogen and oxygen atoms in total. The first kappa shape index (κ1) is 25.2. The van der Waals surface area contributed by atoms with Crippen LogP contribution in [0, 0.1) is 0 Å². The summed E-state index contributed by atoms with van der Waals surface area (Å²) in [6, 6.07) is 17.3. The molecule has 3 rings (SSSR count). The third-order valence-corrected chi connectivity index (χ3v) is 5.52. The molecule has 0 aromatic heterocycles. The number of carboxylic acids is 2. The molecule has 0 saturated carbocycles. The Balaban J connectivity index is 1.68. The first-order valence-corrected chi connectivity index (χ1v) is 10.9. The van der Waals surface area contributed by atoms with Gasteiger partial charge in [-0.05, 0) is 73.7 Å². The third kappa shape index (κ3) is 6.78. The summed E-state index contributed by atoms with van der Waals surface area (Å²) in [6.45, 7) is 2.65. The molecule has 0 amide bonds. The van der Waals surface area contributed by atoms with Crippen LogP contribution in [0.1, 0.15) is 44.9 Å². The number of nitrogens with zero attached hydrogens (tertiary/aromatic N) is 1. The molecule has 3 aromatic rings. The van der Waals surface area contributed by atoms with Gasteiger partial charge in [-0.1, -0.05) is 16.9 Å². The second kappa shape index (κ2) is 11.1. The number of Topliss-reactive ketones (excluding diaryl/α,β-unsaturated/α-hetero) is 1. The van der Waals surface area contributed by atoms with E-state index in [1.54, 1.807) is 48.5 Å². The molecule has 0 atom stereocenters. The van der Waals surface area contributed by atoms with Crippen molar-refractivity contribution in [1.29, 1.82) is 0 Å². The van der Waals surface area contributed by atoms with Crippen LogP contribution in [0.25, 0.3) is 0 Å². The largest absolute Gasteiger partial charge is 0.478 e. The number of aromatic carboxylic acids is 2. The average Bonchev–Trinajstić information content (AvgIpc) is 2.83. The molecule has 0 bridgehead atoms. The highest BCUT2D eigenvalue weighted by molar-refractivity contribution is 7.99. The summed E-state index contributed by atoms with van der Waals surface area (Å²) in [7, 11) is 0. The molecule has 0 aliphatic carbocycles. The van der Waals surface area contributed by atoms with E-state index in [0.29, 0.717) is 11.3 Å². The minimum atomic E-state index is -1.30. The first-order chi connectivity index (χ1) is 16.6. The number of ketones is 1. The second-order valence-electron chi connectivity index (χ2n) is 7.11. The van der Waals surface area contributed by atoms with Crippen LogP contribution < -0.4 is 4.74 Å². The lowest BCUT2D eigenvalue weighted by Crippen LogP contribution is -2.11. The van der Waals surface area contributed by atoms with Crippen molar-refractivity contribution in [2.75, 3.05) is 0 Å². The van der Waals surface area contributed by atoms with E-state index in [9.17, 15) is 24.3 Å². The highest BCUT2D eigenvalue weighted by Crippen LogP contribution is 2.32. The summed E-state index contributed by atoms with van der Waals surface area (Å²) in [5.74, 6) is -3.10. The fourth-order valence-electron chi connectivity index (χ4n) is 2.82. The number of oxime groups is 1. The molecule has 0 fully saturated rings. The van der Waals surface area contributed by atoms with E-state index in [0.717, 1.165) is 15.9 Å². The molecule has 178 valence electrons. The Bertz CT molecular complexity index is 1310. The molecule has 0 radical (unpaired) electrons. The van der Waals surface area contributed by atoms with Gasteiger partial charge < -0.3 is 19.8 Å². The summed E-state index contributed by atoms with van der Waals surface area (Å²) >= 11 is 1.43. The molecule has 0 aliphatic heterocycles. The molecular weight excluding hydrogens is 474 g/mol. The van der Waals surface area contributed by atoms with Gasteiger partial charge in [0.15, 0.2) is 0 Å². The Morgan fingerprint density at radius 1 is 0.771 bits per heavy atom. The van der Waals surface area contributed by atoms with E-state index in [-0.39, 0.29) is 28.4 Å². The molecule has 10 heteroatoms. The number of carboxylic acid groups (broad SMARTS) is 2. The van der Waals surface area contributed by atoms with Crippen LogP contribution in [0.2, 0.25) is 0 Å². The zero-order valence-electron chi connectivity index (χ0n) is 18.6. The molecule has 3 aromatic carbocycles. The second-order valence-corrected chi connectivity index (χ2v) is 8.26. The van der Waals surface area contributed by atoms with Gasteiger partial charge in [-0.2, -0.15) is 0 Å². The van der Waals surface area contributed by atoms with Crippen LogP contribution >= 0.6 is 11.8 Å². The van der Waals surface area contributed by atoms with Gasteiger partial charge in [0.1, 0.15) is 22.8 Å². The van der Waals surface area contributed by atoms with Crippen molar-refractivity contribution in [1.82, 2.24) is 0 Å². The van der Waals surface area contributed by atoms with Crippen LogP contribution in [0.5, 0.6) is 11.5 Å². The Morgan fingerprint density at radius 2 is 1.34 bits per heavy atom. The zero-order valence-corrected chi connectivity index (χ0v) is 19.4. The maximum atomic E-state index is 12.3. The third-order valence-electron chi connectivity index (χ3n) is 4.50. The normalized spacial score (nSPS) is 11.0. The number of rotatable bonds is 9. The summed E-state index contributed by atoms with van der Waals surface area (Å²) in [5, 5.41) is 21.9. The van der Waals surface area contributed by atoms with Gasteiger partial charge in [-0.3, -0.25) is 4.79 Å². The number of hydrogen-bond acceptors (Lipinski definition) is 8. The summed E-state index contributed by atoms with van der Waals surface area (Å²) in [4.78, 5) is 51.9. The van der Waals surface area contributed by atoms with E-state index >= 15 is 0 Å². The Labute approximate surface area is 204 Å². The number of hydrogen-bond donors (Lipinski definition) is 2. The number of carbonyl (C=O) groups is 4. The lowest BCUT2D eigenvalue weighted by molar-refractivity contribution is -0.140. The summed E-state index contributed by atoms with van der Waals surface area (Å²) in [5.41, 5.74) is 0.0432. The number of benzene rings is 3. The van der Waals surface area contributed by atoms with Gasteiger partial charge >= 0.3 is 17.9 Å². The van der Waals surface area contributed by atoms with E-state index in [2.05, 4.69) is 9.99 Å². The van der Waals surface area contributed by atoms with Gasteiger partial charge in [0.2, 0.25) is 5.78 Å². The number of ether oxygens (including phenoxy) is 1. The van der Waals surface area contributed by atoms with Crippen molar-refractivity contribution in [2.45, 2.75) is 23.6 Å². The first-order valence-electron chi connectivity index (χ1n) is 10.1. The summed E-state index contributed by atoms with van der Waals surface area (Å²) in [6.07, 6.45) is 0. The van der Waals surface area contributed by atoms with Crippen molar-refractivity contribution >= 4 is 41.2 Å². The van der Waals surface area contributed by atoms with E-state index in [1.165, 1.54) is 37.7 Å². The summed E-state index contributed by atoms with van der Waals surface area (Å²) < 4.78 is 5.65. The fourth-order valence-corrected chi connectivity index (χ4v) is 3.63. The minimum absolute atomic E-state index is 0.0238. The van der Waals surface area contributed by atoms with Crippen LogP contribution in [0.3, 0.4) is 0 Å². The lowest BCUT2D eigenvalue weighted by Gasteiger charge is -2.10. The van der Waals surface area contributed by atoms with Crippen molar-refractivity contribution in [3.63, 3.8) is 0 Å². The molecule has 0 heterocycles. The Morgan fingerprint density at radius 3 is 1.89 bits per heavy atom. The van der Waals surface area contributed by atoms with Crippen molar-refractivity contribution in [3.05, 3.63) is 83.4 Å². The van der Waals surface area contributed by atoms with Gasteiger partial charge in [0, 0.05) is 22.3 Å². The van der Waals surface area contributed by atoms with Crippen molar-refractivity contribution < 1.29 is 39.0 Å². The topological polar surface area (TPSA) is 140 Å². The van der Waals surface area contributed by atoms with Crippen LogP contribution in [-0.4, -0.2) is 39.6 Å². The molecule has 0 saturated heterocycles. The predicted molar refractivity (Wildman–Crippen MR) is 127 cm³/mol. The average molecular weight is 493 g/mol. The van der Waals surface area contributed by atoms with Crippen LogP contribution in [-0.2, 0) is 9.63 Å². The van der Waals surface area contributed by atoms with E-state index in [1.807, 2.05) is 0 Å². The van der Waals surface area contributed by atoms with Crippen LogP contribution in [0.15, 0.2) is 81.7 Å². The quantitative estimate of drug-likeness (QED) is 0.179. The monoisotopic (exact) mass is 493 g/mol. The van der Waals surface area contributed by atoms with Crippen molar-refractivity contribution in [3.8, 4) is 11.5 Å². The van der Waals surface area contributed by atoms with E-state index < -0.39 is 17.9 Å². The smallest absolute Gasteiger partial charge is 0.339 e. The van der Waals surface area contributed by atoms with Crippen LogP contribution in [0.4, 0.5) is 0 Å². The van der Waals surface area contributed by atoms with Gasteiger partial charge in [0.05, 0.1) is 5.56 Å². The highest BCUT2D eigenvalue weighted by atomic mass is 32.2. The molecule has 0 unspecified atom stereocenters. The standard InChI is InChI=1S/C25H19NO8S/c1-14(26-34-15(2)27)23(28)16-3-8-19(9-4-16)35-20-10-6-18(7-11-20)33-22-12-5-17(24(29)30)13-21(22)25(31)32/h3-13H,1-2H3,(H,29,30)(H,31,32)/b26-14+. The lowest BCUT2D eigenvalue weighted by atomic mass is 10.1. The zero-order chi connectivity index (χ0) is 25.5. The SMILES string of the molecule is CC(=O)O/N=C(\C)C(=O)c1ccc(Sc2ccc(Oc3ccc(C(=O)O)cc3C(=O)O)cc2)cc1. The molecule has 2 N–H and O–H groups in total. The van der Waals surface area contributed by atoms with E-state index in [4.69, 9.17) is 9.84 Å². The van der Waals surface area contributed by atoms with Gasteiger partial charge in [0.25, 0.3) is 0 Å². The molecule has 0 spiro atoms. The van der Waals surface area contributed by atoms with Gasteiger partial charge in [-0.15, -0.1) is 0 Å². The fraction of sp³-hybridized carbons (Fsp3) is 0.0800. The molecule has 35 heavy (non-hydrogen) atoms. The maximum Gasteiger partial charge on any atom is 0.339 e. The molecular formula is C25H19NO8S. The number of carbonyl (C=O) groups excluding carboxylic acids is 2. The van der Waals surface area contributed by atoms with Crippen molar-refractivity contribution in [2.24, 2.45) is 5.16 Å². The van der Waals surface area contributed by atoms with Gasteiger partial charge in [-0.25, -0.2) is 14.4 Å². The maximum absolute atomic E-state index is 12.3. The minimum Gasteiger partial charge on any atom is -0.478 e.